The monoisotopic (exact) mass is 502 g/mol. The van der Waals surface area contributed by atoms with Gasteiger partial charge in [0.05, 0.1) is 0 Å². The Morgan fingerprint density at radius 3 is 1.74 bits per heavy atom. The van der Waals surface area contributed by atoms with Crippen LogP contribution in [0.2, 0.25) is 0 Å². The van der Waals surface area contributed by atoms with Crippen LogP contribution in [0.1, 0.15) is 45.6 Å². The van der Waals surface area contributed by atoms with Crippen molar-refractivity contribution in [1.82, 2.24) is 9.80 Å². The lowest BCUT2D eigenvalue weighted by Gasteiger charge is -2.43. The van der Waals surface area contributed by atoms with Gasteiger partial charge in [0, 0.05) is 38.3 Å². The van der Waals surface area contributed by atoms with Gasteiger partial charge in [-0.3, -0.25) is 9.80 Å². The average molecular weight is 502 g/mol. The standard InChI is InChI=1S/C18H30N2.2C2HF3O2/c1-5-17(18-9-7-6-8-10-18)14-19-11-12-20(15(2)3)16(4)13-19;2*3-2(4,5)1(6)7/h6-10,15-17H,5,11-14H2,1-4H3;2*(H,6,7)/t16?,17-;;/m1../s1. The van der Waals surface area contributed by atoms with Crippen molar-refractivity contribution in [3.8, 4) is 0 Å². The Bertz CT molecular complexity index is 717. The van der Waals surface area contributed by atoms with E-state index in [0.29, 0.717) is 18.0 Å². The van der Waals surface area contributed by atoms with Gasteiger partial charge in [-0.25, -0.2) is 9.59 Å². The zero-order chi connectivity index (χ0) is 26.7. The lowest BCUT2D eigenvalue weighted by atomic mass is 9.95. The third-order valence-electron chi connectivity index (χ3n) is 5.15. The number of rotatable bonds is 5. The Labute approximate surface area is 195 Å². The normalized spacial score (nSPS) is 18.3. The second kappa shape index (κ2) is 14.1. The van der Waals surface area contributed by atoms with E-state index in [9.17, 15) is 26.3 Å². The first kappa shape index (κ1) is 31.7. The van der Waals surface area contributed by atoms with Crippen LogP contribution in [0.4, 0.5) is 26.3 Å². The maximum atomic E-state index is 10.6. The highest BCUT2D eigenvalue weighted by molar-refractivity contribution is 5.73. The fourth-order valence-electron chi connectivity index (χ4n) is 3.49. The fourth-order valence-corrected chi connectivity index (χ4v) is 3.49. The molecule has 2 N–H and O–H groups in total. The van der Waals surface area contributed by atoms with Crippen LogP contribution in [0.25, 0.3) is 0 Å². The van der Waals surface area contributed by atoms with Crippen LogP contribution in [-0.2, 0) is 9.59 Å². The molecule has 0 bridgehead atoms. The summed E-state index contributed by atoms with van der Waals surface area (Å²) in [7, 11) is 0. The maximum absolute atomic E-state index is 10.6. The molecule has 1 heterocycles. The summed E-state index contributed by atoms with van der Waals surface area (Å²) >= 11 is 0. The summed E-state index contributed by atoms with van der Waals surface area (Å²) in [5.74, 6) is -4.84. The molecule has 1 aromatic rings. The number of alkyl halides is 6. The quantitative estimate of drug-likeness (QED) is 0.560. The molecule has 0 spiro atoms. The zero-order valence-electron chi connectivity index (χ0n) is 19.5. The molecule has 12 heteroatoms. The molecule has 1 fully saturated rings. The van der Waals surface area contributed by atoms with Crippen LogP contribution in [0, 0.1) is 0 Å². The summed E-state index contributed by atoms with van der Waals surface area (Å²) in [5.41, 5.74) is 1.49. The highest BCUT2D eigenvalue weighted by Gasteiger charge is 2.38. The number of piperazine rings is 1. The molecule has 34 heavy (non-hydrogen) atoms. The van der Waals surface area contributed by atoms with Crippen LogP contribution >= 0.6 is 0 Å². The molecule has 1 saturated heterocycles. The van der Waals surface area contributed by atoms with Gasteiger partial charge in [0.25, 0.3) is 0 Å². The highest BCUT2D eigenvalue weighted by Crippen LogP contribution is 2.22. The molecular formula is C22H32F6N2O4. The van der Waals surface area contributed by atoms with Gasteiger partial charge < -0.3 is 10.2 Å². The highest BCUT2D eigenvalue weighted by atomic mass is 19.4. The first-order chi connectivity index (χ1) is 15.5. The number of carboxylic acid groups (broad SMARTS) is 2. The van der Waals surface area contributed by atoms with Gasteiger partial charge in [0.2, 0.25) is 0 Å². The van der Waals surface area contributed by atoms with Gasteiger partial charge >= 0.3 is 24.3 Å². The Hall–Kier alpha value is -2.34. The van der Waals surface area contributed by atoms with Gasteiger partial charge in [-0.05, 0) is 38.7 Å². The molecule has 2 atom stereocenters. The van der Waals surface area contributed by atoms with E-state index in [2.05, 4.69) is 67.8 Å². The number of hydrogen-bond donors (Lipinski definition) is 2. The Morgan fingerprint density at radius 1 is 0.971 bits per heavy atom. The molecular weight excluding hydrogens is 470 g/mol. The predicted molar refractivity (Wildman–Crippen MR) is 115 cm³/mol. The zero-order valence-corrected chi connectivity index (χ0v) is 19.5. The average Bonchev–Trinajstić information content (AvgIpc) is 2.72. The Morgan fingerprint density at radius 2 is 1.41 bits per heavy atom. The lowest BCUT2D eigenvalue weighted by Crippen LogP contribution is -2.54. The minimum Gasteiger partial charge on any atom is -0.475 e. The van der Waals surface area contributed by atoms with E-state index in [1.165, 1.54) is 38.2 Å². The molecule has 1 aliphatic rings. The Balaban J connectivity index is 0.000000642. The van der Waals surface area contributed by atoms with Crippen molar-refractivity contribution in [3.05, 3.63) is 35.9 Å². The molecule has 1 aromatic carbocycles. The Kier molecular flexibility index (Phi) is 13.2. The van der Waals surface area contributed by atoms with E-state index >= 15 is 0 Å². The molecule has 6 nitrogen and oxygen atoms in total. The maximum Gasteiger partial charge on any atom is 0.490 e. The van der Waals surface area contributed by atoms with Crippen molar-refractivity contribution in [1.29, 1.82) is 0 Å². The molecule has 0 aliphatic carbocycles. The smallest absolute Gasteiger partial charge is 0.475 e. The summed E-state index contributed by atoms with van der Waals surface area (Å²) in [4.78, 5) is 23.1. The van der Waals surface area contributed by atoms with Gasteiger partial charge in [0.1, 0.15) is 0 Å². The summed E-state index contributed by atoms with van der Waals surface area (Å²) < 4.78 is 63.5. The molecule has 196 valence electrons. The van der Waals surface area contributed by atoms with E-state index in [1.807, 2.05) is 0 Å². The van der Waals surface area contributed by atoms with Crippen molar-refractivity contribution in [2.24, 2.45) is 0 Å². The number of halogens is 6. The van der Waals surface area contributed by atoms with Crippen LogP contribution in [0.3, 0.4) is 0 Å². The molecule has 2 rings (SSSR count). The number of carbonyl (C=O) groups is 2. The van der Waals surface area contributed by atoms with Crippen molar-refractivity contribution in [3.63, 3.8) is 0 Å². The predicted octanol–water partition coefficient (Wildman–Crippen LogP) is 4.86. The van der Waals surface area contributed by atoms with E-state index in [-0.39, 0.29) is 0 Å². The van der Waals surface area contributed by atoms with Gasteiger partial charge in [-0.15, -0.1) is 0 Å². The number of nitrogens with zero attached hydrogens (tertiary/aromatic N) is 2. The third kappa shape index (κ3) is 12.2. The van der Waals surface area contributed by atoms with Crippen LogP contribution in [0.15, 0.2) is 30.3 Å². The number of carboxylic acids is 2. The minimum atomic E-state index is -5.08. The van der Waals surface area contributed by atoms with Crippen molar-refractivity contribution < 1.29 is 46.1 Å². The summed E-state index contributed by atoms with van der Waals surface area (Å²) in [5, 5.41) is 14.2. The topological polar surface area (TPSA) is 81.1 Å². The van der Waals surface area contributed by atoms with Gasteiger partial charge in [-0.2, -0.15) is 26.3 Å². The summed E-state index contributed by atoms with van der Waals surface area (Å²) in [6, 6.07) is 12.3. The fraction of sp³-hybridized carbons (Fsp3) is 0.636. The summed E-state index contributed by atoms with van der Waals surface area (Å²) in [6.07, 6.45) is -8.94. The van der Waals surface area contributed by atoms with E-state index in [1.54, 1.807) is 0 Å². The molecule has 0 aromatic heterocycles. The molecule has 0 radical (unpaired) electrons. The van der Waals surface area contributed by atoms with Gasteiger partial charge in [0.15, 0.2) is 0 Å². The van der Waals surface area contributed by atoms with E-state index in [0.717, 1.165) is 0 Å². The molecule has 1 aliphatic heterocycles. The number of benzene rings is 1. The van der Waals surface area contributed by atoms with E-state index in [4.69, 9.17) is 19.8 Å². The first-order valence-electron chi connectivity index (χ1n) is 10.6. The van der Waals surface area contributed by atoms with Crippen LogP contribution < -0.4 is 0 Å². The van der Waals surface area contributed by atoms with Gasteiger partial charge in [-0.1, -0.05) is 37.3 Å². The van der Waals surface area contributed by atoms with Crippen LogP contribution in [0.5, 0.6) is 0 Å². The second-order valence-electron chi connectivity index (χ2n) is 8.06. The first-order valence-corrected chi connectivity index (χ1v) is 10.6. The molecule has 1 unspecified atom stereocenters. The van der Waals surface area contributed by atoms with Crippen molar-refractivity contribution in [2.75, 3.05) is 26.2 Å². The van der Waals surface area contributed by atoms with E-state index < -0.39 is 24.3 Å². The minimum absolute atomic E-state index is 0.670. The third-order valence-corrected chi connectivity index (χ3v) is 5.15. The molecule has 0 amide bonds. The molecule has 0 saturated carbocycles. The number of hydrogen-bond acceptors (Lipinski definition) is 4. The largest absolute Gasteiger partial charge is 0.490 e. The summed E-state index contributed by atoms with van der Waals surface area (Å²) in [6.45, 7) is 14.1. The van der Waals surface area contributed by atoms with Crippen molar-refractivity contribution >= 4 is 11.9 Å². The van der Waals surface area contributed by atoms with Crippen molar-refractivity contribution in [2.45, 2.75) is 64.5 Å². The second-order valence-corrected chi connectivity index (χ2v) is 8.06. The van der Waals surface area contributed by atoms with Crippen LogP contribution in [-0.4, -0.2) is 82.6 Å². The number of aliphatic carboxylic acids is 2. The lowest BCUT2D eigenvalue weighted by molar-refractivity contribution is -0.193. The SMILES string of the molecule is CC[C@H](CN1CCN(C(C)C)C(C)C1)c1ccccc1.O=C(O)C(F)(F)F.O=C(O)C(F)(F)F.